The molecule has 3 nitrogen and oxygen atoms in total. The molecular formula is C9H11F3N2O. The Morgan fingerprint density at radius 3 is 2.33 bits per heavy atom. The number of amides is 1. The number of carbonyl (C=O) groups is 1. The Morgan fingerprint density at radius 1 is 1.40 bits per heavy atom. The summed E-state index contributed by atoms with van der Waals surface area (Å²) in [5.74, 6) is -1.89. The zero-order valence-electron chi connectivity index (χ0n) is 8.05. The van der Waals surface area contributed by atoms with Crippen molar-refractivity contribution >= 4 is 5.91 Å². The SMILES string of the molecule is N#CCN(C(=O)C(F)(F)F)C1CCCC1. The van der Waals surface area contributed by atoms with Crippen LogP contribution in [0.2, 0.25) is 0 Å². The number of nitriles is 1. The summed E-state index contributed by atoms with van der Waals surface area (Å²) in [6.45, 7) is -0.483. The Hall–Kier alpha value is -1.25. The van der Waals surface area contributed by atoms with Gasteiger partial charge in [0.25, 0.3) is 0 Å². The highest BCUT2D eigenvalue weighted by molar-refractivity contribution is 5.82. The van der Waals surface area contributed by atoms with Crippen LogP contribution in [0.1, 0.15) is 25.7 Å². The van der Waals surface area contributed by atoms with E-state index in [1.807, 2.05) is 0 Å². The molecule has 0 aromatic carbocycles. The van der Waals surface area contributed by atoms with Crippen molar-refractivity contribution in [3.05, 3.63) is 0 Å². The smallest absolute Gasteiger partial charge is 0.319 e. The molecule has 0 bridgehead atoms. The van der Waals surface area contributed by atoms with Gasteiger partial charge in [-0.15, -0.1) is 0 Å². The Bertz CT molecular complexity index is 276. The van der Waals surface area contributed by atoms with Gasteiger partial charge in [-0.25, -0.2) is 0 Å². The summed E-state index contributed by atoms with van der Waals surface area (Å²) in [6, 6.07) is 1.18. The minimum absolute atomic E-state index is 0.418. The van der Waals surface area contributed by atoms with E-state index in [-0.39, 0.29) is 0 Å². The first kappa shape index (κ1) is 11.8. The normalized spacial score (nSPS) is 17.5. The second kappa shape index (κ2) is 4.51. The maximum Gasteiger partial charge on any atom is 0.471 e. The molecule has 0 radical (unpaired) electrons. The minimum Gasteiger partial charge on any atom is -0.319 e. The molecule has 1 aliphatic rings. The molecule has 6 heteroatoms. The van der Waals surface area contributed by atoms with E-state index >= 15 is 0 Å². The fourth-order valence-corrected chi connectivity index (χ4v) is 1.82. The number of rotatable bonds is 2. The van der Waals surface area contributed by atoms with Crippen molar-refractivity contribution in [2.24, 2.45) is 0 Å². The molecule has 84 valence electrons. The Labute approximate surface area is 85.5 Å². The maximum atomic E-state index is 12.2. The molecule has 0 unspecified atom stereocenters. The lowest BCUT2D eigenvalue weighted by Gasteiger charge is -2.26. The number of alkyl halides is 3. The fraction of sp³-hybridized carbons (Fsp3) is 0.778. The van der Waals surface area contributed by atoms with Crippen LogP contribution >= 0.6 is 0 Å². The van der Waals surface area contributed by atoms with Crippen molar-refractivity contribution in [3.8, 4) is 6.07 Å². The fourth-order valence-electron chi connectivity index (χ4n) is 1.82. The highest BCUT2D eigenvalue weighted by atomic mass is 19.4. The Kier molecular flexibility index (Phi) is 3.56. The summed E-state index contributed by atoms with van der Waals surface area (Å²) in [5, 5.41) is 8.40. The molecule has 1 saturated carbocycles. The molecule has 0 atom stereocenters. The highest BCUT2D eigenvalue weighted by Crippen LogP contribution is 2.27. The van der Waals surface area contributed by atoms with Gasteiger partial charge in [0.2, 0.25) is 0 Å². The molecule has 1 rings (SSSR count). The van der Waals surface area contributed by atoms with Crippen LogP contribution in [0.25, 0.3) is 0 Å². The van der Waals surface area contributed by atoms with Crippen molar-refractivity contribution in [2.45, 2.75) is 37.9 Å². The van der Waals surface area contributed by atoms with E-state index in [0.717, 1.165) is 12.8 Å². The summed E-state index contributed by atoms with van der Waals surface area (Å²) in [7, 11) is 0. The predicted octanol–water partition coefficient (Wildman–Crippen LogP) is 1.84. The van der Waals surface area contributed by atoms with Crippen LogP contribution in [0.5, 0.6) is 0 Å². The standard InChI is InChI=1S/C9H11F3N2O/c10-9(11,12)8(15)14(6-5-13)7-3-1-2-4-7/h7H,1-4,6H2. The molecule has 1 aliphatic carbocycles. The first-order chi connectivity index (χ1) is 6.96. The molecule has 0 saturated heterocycles. The first-order valence-electron chi connectivity index (χ1n) is 4.71. The second-order valence-corrected chi connectivity index (χ2v) is 3.53. The van der Waals surface area contributed by atoms with Crippen LogP contribution in [-0.2, 0) is 4.79 Å². The van der Waals surface area contributed by atoms with Crippen molar-refractivity contribution in [1.82, 2.24) is 4.90 Å². The van der Waals surface area contributed by atoms with E-state index in [2.05, 4.69) is 0 Å². The van der Waals surface area contributed by atoms with Crippen molar-refractivity contribution < 1.29 is 18.0 Å². The molecule has 1 fully saturated rings. The third kappa shape index (κ3) is 2.85. The van der Waals surface area contributed by atoms with E-state index in [4.69, 9.17) is 5.26 Å². The van der Waals surface area contributed by atoms with Gasteiger partial charge in [0.15, 0.2) is 0 Å². The molecule has 15 heavy (non-hydrogen) atoms. The molecule has 0 aromatic heterocycles. The number of halogens is 3. The van der Waals surface area contributed by atoms with Gasteiger partial charge in [-0.05, 0) is 12.8 Å². The largest absolute Gasteiger partial charge is 0.471 e. The van der Waals surface area contributed by atoms with Crippen LogP contribution < -0.4 is 0 Å². The lowest BCUT2D eigenvalue weighted by Crippen LogP contribution is -2.46. The molecule has 0 spiro atoms. The van der Waals surface area contributed by atoms with Crippen LogP contribution in [0.4, 0.5) is 13.2 Å². The lowest BCUT2D eigenvalue weighted by molar-refractivity contribution is -0.187. The summed E-state index contributed by atoms with van der Waals surface area (Å²) in [6.07, 6.45) is -2.12. The molecule has 1 amide bonds. The first-order valence-corrected chi connectivity index (χ1v) is 4.71. The molecular weight excluding hydrogens is 209 g/mol. The van der Waals surface area contributed by atoms with E-state index in [9.17, 15) is 18.0 Å². The monoisotopic (exact) mass is 220 g/mol. The van der Waals surface area contributed by atoms with Gasteiger partial charge in [0.05, 0.1) is 6.07 Å². The summed E-state index contributed by atoms with van der Waals surface area (Å²) in [4.78, 5) is 11.6. The topological polar surface area (TPSA) is 44.1 Å². The van der Waals surface area contributed by atoms with Crippen LogP contribution in [0.15, 0.2) is 0 Å². The van der Waals surface area contributed by atoms with Crippen molar-refractivity contribution in [3.63, 3.8) is 0 Å². The van der Waals surface area contributed by atoms with Gasteiger partial charge in [-0.2, -0.15) is 18.4 Å². The molecule has 0 N–H and O–H groups in total. The maximum absolute atomic E-state index is 12.2. The average Bonchev–Trinajstić information content (AvgIpc) is 2.64. The minimum atomic E-state index is -4.88. The summed E-state index contributed by atoms with van der Waals surface area (Å²) < 4.78 is 36.5. The second-order valence-electron chi connectivity index (χ2n) is 3.53. The molecule has 0 aliphatic heterocycles. The summed E-state index contributed by atoms with van der Waals surface area (Å²) in [5.41, 5.74) is 0. The van der Waals surface area contributed by atoms with E-state index in [1.165, 1.54) is 0 Å². The highest BCUT2D eigenvalue weighted by Gasteiger charge is 2.44. The molecule has 0 heterocycles. The molecule has 0 aromatic rings. The zero-order valence-corrected chi connectivity index (χ0v) is 8.05. The van der Waals surface area contributed by atoms with Crippen LogP contribution in [0, 0.1) is 11.3 Å². The van der Waals surface area contributed by atoms with E-state index in [1.54, 1.807) is 6.07 Å². The van der Waals surface area contributed by atoms with E-state index < -0.39 is 24.7 Å². The number of carbonyl (C=O) groups excluding carboxylic acids is 1. The average molecular weight is 220 g/mol. The van der Waals surface area contributed by atoms with Crippen molar-refractivity contribution in [1.29, 1.82) is 5.26 Å². The van der Waals surface area contributed by atoms with Crippen molar-refractivity contribution in [2.75, 3.05) is 6.54 Å². The summed E-state index contributed by atoms with van der Waals surface area (Å²) >= 11 is 0. The van der Waals surface area contributed by atoms with Gasteiger partial charge in [0, 0.05) is 6.04 Å². The number of hydrogen-bond acceptors (Lipinski definition) is 2. The number of nitrogens with zero attached hydrogens (tertiary/aromatic N) is 2. The predicted molar refractivity (Wildman–Crippen MR) is 45.6 cm³/mol. The Balaban J connectivity index is 2.73. The van der Waals surface area contributed by atoms with Gasteiger partial charge < -0.3 is 4.90 Å². The van der Waals surface area contributed by atoms with Crippen LogP contribution in [-0.4, -0.2) is 29.6 Å². The third-order valence-electron chi connectivity index (χ3n) is 2.51. The Morgan fingerprint density at radius 2 is 1.93 bits per heavy atom. The number of hydrogen-bond donors (Lipinski definition) is 0. The van der Waals surface area contributed by atoms with Gasteiger partial charge in [-0.3, -0.25) is 4.79 Å². The lowest BCUT2D eigenvalue weighted by atomic mass is 10.2. The van der Waals surface area contributed by atoms with Gasteiger partial charge >= 0.3 is 12.1 Å². The van der Waals surface area contributed by atoms with Gasteiger partial charge in [0.1, 0.15) is 6.54 Å². The van der Waals surface area contributed by atoms with Gasteiger partial charge in [-0.1, -0.05) is 12.8 Å². The third-order valence-corrected chi connectivity index (χ3v) is 2.51. The van der Waals surface area contributed by atoms with Crippen LogP contribution in [0.3, 0.4) is 0 Å². The zero-order chi connectivity index (χ0) is 11.5. The van der Waals surface area contributed by atoms with E-state index in [0.29, 0.717) is 17.7 Å². The quantitative estimate of drug-likeness (QED) is 0.666.